The van der Waals surface area contributed by atoms with Crippen LogP contribution in [0.15, 0.2) is 54.7 Å². The van der Waals surface area contributed by atoms with E-state index in [1.807, 2.05) is 42.5 Å². The SMILES string of the molecule is [C-]#[N+]c1cn(C)c(C(=O)OCC)c1-c1ccc(-c2ccccc2C#N)cc1. The van der Waals surface area contributed by atoms with Gasteiger partial charge in [0.15, 0.2) is 0 Å². The second-order valence-electron chi connectivity index (χ2n) is 5.92. The molecule has 132 valence electrons. The van der Waals surface area contributed by atoms with E-state index in [4.69, 9.17) is 11.3 Å². The minimum Gasteiger partial charge on any atom is -0.461 e. The molecule has 0 bridgehead atoms. The number of nitrogens with zero attached hydrogens (tertiary/aromatic N) is 3. The fraction of sp³-hybridized carbons (Fsp3) is 0.136. The fourth-order valence-electron chi connectivity index (χ4n) is 3.07. The average molecular weight is 355 g/mol. The number of aryl methyl sites for hydroxylation is 1. The van der Waals surface area contributed by atoms with Crippen molar-refractivity contribution in [1.82, 2.24) is 4.57 Å². The molecular formula is C22H17N3O2. The van der Waals surface area contributed by atoms with E-state index in [1.54, 1.807) is 30.8 Å². The average Bonchev–Trinajstić information content (AvgIpc) is 3.04. The summed E-state index contributed by atoms with van der Waals surface area (Å²) in [5.74, 6) is -0.455. The lowest BCUT2D eigenvalue weighted by Crippen LogP contribution is -2.10. The summed E-state index contributed by atoms with van der Waals surface area (Å²) in [6.45, 7) is 9.45. The molecule has 0 fully saturated rings. The molecule has 0 radical (unpaired) electrons. The van der Waals surface area contributed by atoms with Crippen LogP contribution in [0.4, 0.5) is 5.69 Å². The van der Waals surface area contributed by atoms with Crippen molar-refractivity contribution < 1.29 is 9.53 Å². The molecule has 1 heterocycles. The molecule has 0 atom stereocenters. The number of ether oxygens (including phenoxy) is 1. The summed E-state index contributed by atoms with van der Waals surface area (Å²) in [7, 11) is 1.72. The lowest BCUT2D eigenvalue weighted by atomic mass is 9.97. The summed E-state index contributed by atoms with van der Waals surface area (Å²) in [6.07, 6.45) is 1.63. The zero-order valence-corrected chi connectivity index (χ0v) is 15.1. The Morgan fingerprint density at radius 1 is 1.19 bits per heavy atom. The summed E-state index contributed by atoms with van der Waals surface area (Å²) >= 11 is 0. The molecule has 0 aliphatic rings. The smallest absolute Gasteiger partial charge is 0.354 e. The maximum atomic E-state index is 12.4. The monoisotopic (exact) mass is 355 g/mol. The maximum Gasteiger partial charge on any atom is 0.354 e. The van der Waals surface area contributed by atoms with E-state index in [0.29, 0.717) is 22.5 Å². The minimum atomic E-state index is -0.455. The molecule has 0 N–H and O–H groups in total. The number of carbonyl (C=O) groups is 1. The first kappa shape index (κ1) is 18.0. The van der Waals surface area contributed by atoms with Gasteiger partial charge in [0.25, 0.3) is 0 Å². The van der Waals surface area contributed by atoms with Gasteiger partial charge in [-0.3, -0.25) is 0 Å². The Labute approximate surface area is 157 Å². The molecule has 27 heavy (non-hydrogen) atoms. The van der Waals surface area contributed by atoms with Crippen LogP contribution in [0.3, 0.4) is 0 Å². The molecule has 0 saturated heterocycles. The third-order valence-electron chi connectivity index (χ3n) is 4.28. The van der Waals surface area contributed by atoms with Crippen molar-refractivity contribution in [2.75, 3.05) is 6.61 Å². The van der Waals surface area contributed by atoms with Crippen molar-refractivity contribution in [2.24, 2.45) is 7.05 Å². The topological polar surface area (TPSA) is 59.4 Å². The molecular weight excluding hydrogens is 338 g/mol. The minimum absolute atomic E-state index is 0.265. The van der Waals surface area contributed by atoms with Gasteiger partial charge in [-0.2, -0.15) is 5.26 Å². The summed E-state index contributed by atoms with van der Waals surface area (Å²) in [6, 6.07) is 17.1. The van der Waals surface area contributed by atoms with Crippen LogP contribution in [0.25, 0.3) is 27.1 Å². The fourth-order valence-corrected chi connectivity index (χ4v) is 3.07. The highest BCUT2D eigenvalue weighted by Crippen LogP contribution is 2.37. The van der Waals surface area contributed by atoms with Crippen LogP contribution < -0.4 is 0 Å². The summed E-state index contributed by atoms with van der Waals surface area (Å²) < 4.78 is 6.78. The molecule has 0 amide bonds. The lowest BCUT2D eigenvalue weighted by Gasteiger charge is -2.09. The van der Waals surface area contributed by atoms with Crippen LogP contribution in [0.2, 0.25) is 0 Å². The van der Waals surface area contributed by atoms with E-state index in [0.717, 1.165) is 16.7 Å². The Bertz CT molecular complexity index is 1080. The van der Waals surface area contributed by atoms with E-state index >= 15 is 0 Å². The molecule has 3 rings (SSSR count). The van der Waals surface area contributed by atoms with Crippen molar-refractivity contribution in [3.05, 3.63) is 77.4 Å². The van der Waals surface area contributed by atoms with E-state index in [9.17, 15) is 10.1 Å². The first-order valence-corrected chi connectivity index (χ1v) is 8.44. The molecule has 0 aliphatic heterocycles. The standard InChI is InChI=1S/C22H17N3O2/c1-4-27-22(26)21-20(19(24-2)14-25(21)3)16-11-9-15(10-12-16)18-8-6-5-7-17(18)13-23/h5-12,14H,4H2,1,3H3. The molecule has 0 spiro atoms. The number of nitriles is 1. The molecule has 3 aromatic rings. The summed E-state index contributed by atoms with van der Waals surface area (Å²) in [5, 5.41) is 9.29. The Morgan fingerprint density at radius 2 is 1.85 bits per heavy atom. The van der Waals surface area contributed by atoms with Crippen molar-refractivity contribution in [1.29, 1.82) is 5.26 Å². The van der Waals surface area contributed by atoms with Crippen LogP contribution in [-0.4, -0.2) is 17.1 Å². The van der Waals surface area contributed by atoms with Crippen molar-refractivity contribution >= 4 is 11.7 Å². The van der Waals surface area contributed by atoms with Crippen molar-refractivity contribution in [2.45, 2.75) is 6.92 Å². The van der Waals surface area contributed by atoms with Gasteiger partial charge in [-0.05, 0) is 29.7 Å². The molecule has 5 nitrogen and oxygen atoms in total. The first-order valence-electron chi connectivity index (χ1n) is 8.44. The number of hydrogen-bond donors (Lipinski definition) is 0. The van der Waals surface area contributed by atoms with Crippen LogP contribution in [-0.2, 0) is 11.8 Å². The maximum absolute atomic E-state index is 12.4. The Kier molecular flexibility index (Phi) is 5.06. The van der Waals surface area contributed by atoms with Gasteiger partial charge < -0.3 is 9.30 Å². The molecule has 0 aliphatic carbocycles. The number of esters is 1. The van der Waals surface area contributed by atoms with Crippen LogP contribution in [0.1, 0.15) is 23.0 Å². The van der Waals surface area contributed by atoms with Crippen LogP contribution in [0.5, 0.6) is 0 Å². The molecule has 5 heteroatoms. The second kappa shape index (κ2) is 7.59. The zero-order chi connectivity index (χ0) is 19.4. The number of benzene rings is 2. The number of hydrogen-bond acceptors (Lipinski definition) is 3. The molecule has 0 saturated carbocycles. The summed E-state index contributed by atoms with van der Waals surface area (Å²) in [4.78, 5) is 15.9. The van der Waals surface area contributed by atoms with Gasteiger partial charge >= 0.3 is 5.97 Å². The second-order valence-corrected chi connectivity index (χ2v) is 5.92. The normalized spacial score (nSPS) is 10.1. The van der Waals surface area contributed by atoms with Crippen molar-refractivity contribution in [3.8, 4) is 28.3 Å². The Balaban J connectivity index is 2.10. The first-order chi connectivity index (χ1) is 13.1. The van der Waals surface area contributed by atoms with Gasteiger partial charge in [0, 0.05) is 18.8 Å². The Morgan fingerprint density at radius 3 is 2.48 bits per heavy atom. The highest BCUT2D eigenvalue weighted by molar-refractivity contribution is 6.00. The van der Waals surface area contributed by atoms with E-state index in [2.05, 4.69) is 10.9 Å². The Hall–Kier alpha value is -3.83. The van der Waals surface area contributed by atoms with Gasteiger partial charge in [-0.25, -0.2) is 9.64 Å². The van der Waals surface area contributed by atoms with Crippen LogP contribution >= 0.6 is 0 Å². The highest BCUT2D eigenvalue weighted by atomic mass is 16.5. The molecule has 0 unspecified atom stereocenters. The number of carbonyl (C=O) groups excluding carboxylic acids is 1. The van der Waals surface area contributed by atoms with E-state index in [-0.39, 0.29) is 6.61 Å². The van der Waals surface area contributed by atoms with Gasteiger partial charge in [-0.15, -0.1) is 0 Å². The van der Waals surface area contributed by atoms with Gasteiger partial charge in [0.05, 0.1) is 24.8 Å². The number of aromatic nitrogens is 1. The predicted octanol–water partition coefficient (Wildman–Crippen LogP) is 4.96. The largest absolute Gasteiger partial charge is 0.461 e. The quantitative estimate of drug-likeness (QED) is 0.491. The zero-order valence-electron chi connectivity index (χ0n) is 15.1. The summed E-state index contributed by atoms with van der Waals surface area (Å²) in [5.41, 5.74) is 4.40. The third kappa shape index (κ3) is 3.31. The van der Waals surface area contributed by atoms with Gasteiger partial charge in [0.2, 0.25) is 5.69 Å². The van der Waals surface area contributed by atoms with Gasteiger partial charge in [0.1, 0.15) is 5.69 Å². The lowest BCUT2D eigenvalue weighted by molar-refractivity contribution is 0.0516. The molecule has 1 aromatic heterocycles. The predicted molar refractivity (Wildman–Crippen MR) is 103 cm³/mol. The third-order valence-corrected chi connectivity index (χ3v) is 4.28. The van der Waals surface area contributed by atoms with Crippen molar-refractivity contribution in [3.63, 3.8) is 0 Å². The van der Waals surface area contributed by atoms with E-state index in [1.165, 1.54) is 0 Å². The molecule has 2 aromatic carbocycles. The number of rotatable bonds is 4. The van der Waals surface area contributed by atoms with E-state index < -0.39 is 5.97 Å². The highest BCUT2D eigenvalue weighted by Gasteiger charge is 2.22. The van der Waals surface area contributed by atoms with Crippen LogP contribution in [0, 0.1) is 17.9 Å². The van der Waals surface area contributed by atoms with Gasteiger partial charge in [-0.1, -0.05) is 42.5 Å².